The maximum atomic E-state index is 13.2. The number of rotatable bonds is 6. The number of carbonyl (C=O) groups excluding carboxylic acids is 2. The summed E-state index contributed by atoms with van der Waals surface area (Å²) in [5.74, 6) is -0.406. The Morgan fingerprint density at radius 2 is 1.94 bits per heavy atom. The van der Waals surface area contributed by atoms with Crippen LogP contribution in [0.3, 0.4) is 0 Å². The minimum atomic E-state index is -0.792. The molecule has 0 unspecified atom stereocenters. The Morgan fingerprint density at radius 3 is 2.52 bits per heavy atom. The summed E-state index contributed by atoms with van der Waals surface area (Å²) >= 11 is 6.06. The molecule has 2 amide bonds. The van der Waals surface area contributed by atoms with E-state index >= 15 is 0 Å². The largest absolute Gasteiger partial charge is 0.352 e. The second kappa shape index (κ2) is 10.3. The third-order valence-corrected chi connectivity index (χ3v) is 5.74. The summed E-state index contributed by atoms with van der Waals surface area (Å²) in [5, 5.41) is 22.9. The lowest BCUT2D eigenvalue weighted by molar-refractivity contribution is -0.384. The number of nitro benzene ring substituents is 1. The third-order valence-electron chi connectivity index (χ3n) is 5.43. The number of nitrogens with one attached hydrogen (secondary N) is 1. The first-order valence-electron chi connectivity index (χ1n) is 10.4. The molecule has 1 atom stereocenters. The van der Waals surface area contributed by atoms with Crippen molar-refractivity contribution in [1.29, 1.82) is 5.26 Å². The number of pyridine rings is 1. The van der Waals surface area contributed by atoms with E-state index in [1.165, 1.54) is 12.1 Å². The van der Waals surface area contributed by atoms with E-state index in [9.17, 15) is 25.0 Å². The van der Waals surface area contributed by atoms with Crippen molar-refractivity contribution in [2.75, 3.05) is 31.1 Å². The van der Waals surface area contributed by atoms with Crippen LogP contribution in [-0.4, -0.2) is 58.8 Å². The lowest BCUT2D eigenvalue weighted by Crippen LogP contribution is -2.56. The number of hydrogen-bond acceptors (Lipinski definition) is 7. The van der Waals surface area contributed by atoms with Crippen molar-refractivity contribution in [3.63, 3.8) is 0 Å². The fourth-order valence-corrected chi connectivity index (χ4v) is 3.87. The number of halogens is 1. The molecule has 2 heterocycles. The zero-order valence-corrected chi connectivity index (χ0v) is 19.0. The van der Waals surface area contributed by atoms with Crippen LogP contribution in [0.15, 0.2) is 36.5 Å². The third kappa shape index (κ3) is 5.38. The molecule has 1 N–H and O–H groups in total. The van der Waals surface area contributed by atoms with Gasteiger partial charge in [-0.15, -0.1) is 0 Å². The summed E-state index contributed by atoms with van der Waals surface area (Å²) in [4.78, 5) is 44.2. The van der Waals surface area contributed by atoms with E-state index in [0.29, 0.717) is 37.6 Å². The van der Waals surface area contributed by atoms with Gasteiger partial charge in [-0.1, -0.05) is 25.4 Å². The average molecular weight is 471 g/mol. The van der Waals surface area contributed by atoms with Crippen molar-refractivity contribution in [3.8, 4) is 6.07 Å². The number of piperazine rings is 1. The summed E-state index contributed by atoms with van der Waals surface area (Å²) < 4.78 is 0. The van der Waals surface area contributed by atoms with Crippen LogP contribution in [0.1, 0.15) is 29.8 Å². The molecule has 0 saturated carbocycles. The van der Waals surface area contributed by atoms with Gasteiger partial charge in [-0.3, -0.25) is 19.7 Å². The van der Waals surface area contributed by atoms with Gasteiger partial charge in [0.2, 0.25) is 5.91 Å². The molecule has 1 aliphatic heterocycles. The van der Waals surface area contributed by atoms with Crippen molar-refractivity contribution < 1.29 is 14.5 Å². The Kier molecular flexibility index (Phi) is 7.45. The molecule has 2 aromatic rings. The molecule has 3 rings (SSSR count). The number of aromatic nitrogens is 1. The van der Waals surface area contributed by atoms with Crippen molar-refractivity contribution in [2.45, 2.75) is 19.9 Å². The Hall–Kier alpha value is -3.71. The molecule has 0 radical (unpaired) electrons. The first-order valence-corrected chi connectivity index (χ1v) is 10.7. The number of amides is 2. The maximum Gasteiger partial charge on any atom is 0.270 e. The van der Waals surface area contributed by atoms with Gasteiger partial charge in [-0.25, -0.2) is 4.98 Å². The molecule has 1 aromatic heterocycles. The van der Waals surface area contributed by atoms with Crippen LogP contribution in [0.25, 0.3) is 0 Å². The van der Waals surface area contributed by atoms with Crippen LogP contribution in [0, 0.1) is 27.4 Å². The van der Waals surface area contributed by atoms with Crippen LogP contribution >= 0.6 is 11.6 Å². The molecule has 1 fully saturated rings. The second-order valence-corrected chi connectivity index (χ2v) is 8.32. The average Bonchev–Trinajstić information content (AvgIpc) is 2.81. The molecule has 0 bridgehead atoms. The Labute approximate surface area is 195 Å². The Morgan fingerprint density at radius 1 is 1.24 bits per heavy atom. The summed E-state index contributed by atoms with van der Waals surface area (Å²) in [6.45, 7) is 5.48. The van der Waals surface area contributed by atoms with E-state index in [0.717, 1.165) is 6.07 Å². The monoisotopic (exact) mass is 470 g/mol. The van der Waals surface area contributed by atoms with Crippen molar-refractivity contribution in [2.24, 2.45) is 5.92 Å². The smallest absolute Gasteiger partial charge is 0.270 e. The standard InChI is InChI=1S/C22H23ClN6O4/c1-14(2)19(26-21(30)17-6-5-16(29(32)33)12-18(17)23)22(31)28-10-8-27(9-11-28)20-15(13-24)4-3-7-25-20/h3-7,12,14,19H,8-11H2,1-2H3,(H,26,30)/t19-/m0/s1. The number of hydrogen-bond donors (Lipinski definition) is 1. The molecule has 11 heteroatoms. The van der Waals surface area contributed by atoms with Gasteiger partial charge in [-0.05, 0) is 24.1 Å². The predicted octanol–water partition coefficient (Wildman–Crippen LogP) is 2.62. The van der Waals surface area contributed by atoms with Gasteiger partial charge in [0.25, 0.3) is 11.6 Å². The molecule has 172 valence electrons. The van der Waals surface area contributed by atoms with Gasteiger partial charge in [-0.2, -0.15) is 5.26 Å². The molecule has 33 heavy (non-hydrogen) atoms. The minimum absolute atomic E-state index is 0.0599. The van der Waals surface area contributed by atoms with Crippen LogP contribution in [0.2, 0.25) is 5.02 Å². The lowest BCUT2D eigenvalue weighted by Gasteiger charge is -2.38. The molecule has 1 aliphatic rings. The highest BCUT2D eigenvalue weighted by Crippen LogP contribution is 2.23. The first kappa shape index (κ1) is 23.9. The molecule has 1 aromatic carbocycles. The van der Waals surface area contributed by atoms with Crippen LogP contribution in [-0.2, 0) is 4.79 Å². The number of non-ortho nitro benzene ring substituents is 1. The zero-order valence-electron chi connectivity index (χ0n) is 18.2. The summed E-state index contributed by atoms with van der Waals surface area (Å²) in [7, 11) is 0. The zero-order chi connectivity index (χ0) is 24.1. The Bertz CT molecular complexity index is 1110. The van der Waals surface area contributed by atoms with Crippen LogP contribution in [0.5, 0.6) is 0 Å². The van der Waals surface area contributed by atoms with Gasteiger partial charge < -0.3 is 15.1 Å². The number of nitrogens with zero attached hydrogens (tertiary/aromatic N) is 5. The summed E-state index contributed by atoms with van der Waals surface area (Å²) in [6, 6.07) is 8.32. The molecular weight excluding hydrogens is 448 g/mol. The number of anilines is 1. The van der Waals surface area contributed by atoms with E-state index in [1.807, 2.05) is 18.7 Å². The molecule has 0 aliphatic carbocycles. The normalized spacial score (nSPS) is 14.5. The summed E-state index contributed by atoms with van der Waals surface area (Å²) in [6.07, 6.45) is 1.63. The van der Waals surface area contributed by atoms with E-state index in [-0.39, 0.29) is 28.1 Å². The number of carbonyl (C=O) groups is 2. The van der Waals surface area contributed by atoms with Crippen LogP contribution < -0.4 is 10.2 Å². The quantitative estimate of drug-likeness (QED) is 0.506. The van der Waals surface area contributed by atoms with E-state index < -0.39 is 16.9 Å². The predicted molar refractivity (Wildman–Crippen MR) is 122 cm³/mol. The van der Waals surface area contributed by atoms with E-state index in [2.05, 4.69) is 16.4 Å². The first-order chi connectivity index (χ1) is 15.7. The fraction of sp³-hybridized carbons (Fsp3) is 0.364. The molecule has 10 nitrogen and oxygen atoms in total. The van der Waals surface area contributed by atoms with Gasteiger partial charge >= 0.3 is 0 Å². The van der Waals surface area contributed by atoms with Gasteiger partial charge in [0.15, 0.2) is 0 Å². The minimum Gasteiger partial charge on any atom is -0.352 e. The SMILES string of the molecule is CC(C)[C@H](NC(=O)c1ccc([N+](=O)[O-])cc1Cl)C(=O)N1CCN(c2ncccc2C#N)CC1. The second-order valence-electron chi connectivity index (χ2n) is 7.92. The lowest BCUT2D eigenvalue weighted by atomic mass is 10.0. The van der Waals surface area contributed by atoms with Crippen molar-refractivity contribution >= 4 is 34.9 Å². The highest BCUT2D eigenvalue weighted by Gasteiger charge is 2.32. The number of nitro groups is 1. The Balaban J connectivity index is 1.68. The maximum absolute atomic E-state index is 13.2. The van der Waals surface area contributed by atoms with E-state index in [1.54, 1.807) is 23.2 Å². The fourth-order valence-electron chi connectivity index (χ4n) is 3.61. The number of benzene rings is 1. The highest BCUT2D eigenvalue weighted by molar-refractivity contribution is 6.34. The van der Waals surface area contributed by atoms with Gasteiger partial charge in [0, 0.05) is 44.5 Å². The van der Waals surface area contributed by atoms with E-state index in [4.69, 9.17) is 11.6 Å². The van der Waals surface area contributed by atoms with Gasteiger partial charge in [0.05, 0.1) is 21.1 Å². The van der Waals surface area contributed by atoms with Gasteiger partial charge in [0.1, 0.15) is 17.9 Å². The number of nitriles is 1. The topological polar surface area (TPSA) is 132 Å². The molecular formula is C22H23ClN6O4. The van der Waals surface area contributed by atoms with Crippen molar-refractivity contribution in [1.82, 2.24) is 15.2 Å². The summed E-state index contributed by atoms with van der Waals surface area (Å²) in [5.41, 5.74) is 0.313. The molecule has 1 saturated heterocycles. The highest BCUT2D eigenvalue weighted by atomic mass is 35.5. The van der Waals surface area contributed by atoms with Crippen molar-refractivity contribution in [3.05, 3.63) is 62.8 Å². The van der Waals surface area contributed by atoms with Crippen LogP contribution in [0.4, 0.5) is 11.5 Å². The molecule has 0 spiro atoms.